The number of amides is 1. The molecule has 0 spiro atoms. The minimum atomic E-state index is -0.646. The molecule has 1 aromatic carbocycles. The number of phenolic OH excluding ortho intramolecular Hbond substituents is 1. The highest BCUT2D eigenvalue weighted by molar-refractivity contribution is 7.80. The van der Waals surface area contributed by atoms with Crippen LogP contribution >= 0.6 is 12.2 Å². The van der Waals surface area contributed by atoms with Crippen molar-refractivity contribution in [1.82, 2.24) is 10.7 Å². The van der Waals surface area contributed by atoms with Crippen LogP contribution in [0.4, 0.5) is 0 Å². The smallest absolute Gasteiger partial charge is 0.240 e. The molecule has 10 heteroatoms. The Balaban J connectivity index is 2.53. The number of benzene rings is 1. The van der Waals surface area contributed by atoms with Crippen molar-refractivity contribution in [2.45, 2.75) is 37.8 Å². The highest BCUT2D eigenvalue weighted by Gasteiger charge is 2.18. The van der Waals surface area contributed by atoms with Crippen molar-refractivity contribution in [3.8, 4) is 5.75 Å². The quantitative estimate of drug-likeness (QED) is 0.0635. The molecule has 1 amide bonds. The predicted molar refractivity (Wildman–Crippen MR) is 106 cm³/mol. The number of carbonyl (C=O) groups excluding carboxylic acids is 1. The van der Waals surface area contributed by atoms with E-state index in [4.69, 9.17) is 35.3 Å². The molecule has 1 aromatic rings. The van der Waals surface area contributed by atoms with Crippen LogP contribution in [0.25, 0.3) is 0 Å². The number of hydrogen-bond acceptors (Lipinski definition) is 6. The largest absolute Gasteiger partial charge is 0.508 e. The van der Waals surface area contributed by atoms with Gasteiger partial charge in [-0.05, 0) is 30.5 Å². The molecule has 0 aliphatic carbocycles. The van der Waals surface area contributed by atoms with Gasteiger partial charge in [0.05, 0.1) is 4.99 Å². The van der Waals surface area contributed by atoms with Crippen LogP contribution in [0.1, 0.15) is 24.8 Å². The molecule has 9 nitrogen and oxygen atoms in total. The van der Waals surface area contributed by atoms with Crippen molar-refractivity contribution in [2.24, 2.45) is 28.0 Å². The van der Waals surface area contributed by atoms with Crippen molar-refractivity contribution in [2.75, 3.05) is 6.54 Å². The van der Waals surface area contributed by atoms with E-state index in [0.29, 0.717) is 30.8 Å². The number of aliphatic imine (C=N–C) groups is 1. The van der Waals surface area contributed by atoms with Gasteiger partial charge in [0.15, 0.2) is 5.96 Å². The first-order valence-corrected chi connectivity index (χ1v) is 8.60. The van der Waals surface area contributed by atoms with Crippen LogP contribution in [0.5, 0.6) is 5.75 Å². The summed E-state index contributed by atoms with van der Waals surface area (Å²) in [6.45, 7) is 0.505. The fraction of sp³-hybridized carbons (Fsp3) is 0.438. The zero-order valence-electron chi connectivity index (χ0n) is 14.5. The number of primary amides is 1. The summed E-state index contributed by atoms with van der Waals surface area (Å²) < 4.78 is 0. The summed E-state index contributed by atoms with van der Waals surface area (Å²) in [5.41, 5.74) is 19.6. The Bertz CT molecular complexity index is 618. The summed E-state index contributed by atoms with van der Waals surface area (Å²) in [7, 11) is 0. The van der Waals surface area contributed by atoms with Crippen LogP contribution in [0.15, 0.2) is 29.3 Å². The van der Waals surface area contributed by atoms with Crippen LogP contribution in [-0.4, -0.2) is 40.6 Å². The van der Waals surface area contributed by atoms with E-state index in [0.717, 1.165) is 12.0 Å². The molecule has 2 atom stereocenters. The van der Waals surface area contributed by atoms with Crippen LogP contribution in [0.2, 0.25) is 0 Å². The molecule has 0 bridgehead atoms. The Labute approximate surface area is 158 Å². The maximum atomic E-state index is 11.7. The van der Waals surface area contributed by atoms with Gasteiger partial charge in [-0.25, -0.2) is 0 Å². The van der Waals surface area contributed by atoms with Gasteiger partial charge < -0.3 is 27.6 Å². The van der Waals surface area contributed by atoms with E-state index in [-0.39, 0.29) is 17.8 Å². The summed E-state index contributed by atoms with van der Waals surface area (Å²) in [5, 5.41) is 12.3. The van der Waals surface area contributed by atoms with Crippen LogP contribution in [0, 0.1) is 0 Å². The fourth-order valence-corrected chi connectivity index (χ4v) is 2.70. The average molecular weight is 382 g/mol. The molecule has 0 aromatic heterocycles. The molecule has 0 saturated carbocycles. The van der Waals surface area contributed by atoms with Gasteiger partial charge >= 0.3 is 0 Å². The first-order chi connectivity index (χ1) is 12.3. The highest BCUT2D eigenvalue weighted by atomic mass is 32.1. The molecule has 0 saturated heterocycles. The van der Waals surface area contributed by atoms with E-state index >= 15 is 0 Å². The number of aromatic hydroxyl groups is 1. The number of phenols is 1. The van der Waals surface area contributed by atoms with Gasteiger partial charge in [-0.15, -0.1) is 0 Å². The van der Waals surface area contributed by atoms with Crippen LogP contribution in [0.3, 0.4) is 0 Å². The summed E-state index contributed by atoms with van der Waals surface area (Å²) >= 11 is 5.33. The lowest BCUT2D eigenvalue weighted by molar-refractivity contribution is -0.119. The monoisotopic (exact) mass is 381 g/mol. The Kier molecular flexibility index (Phi) is 9.34. The molecule has 0 heterocycles. The first kappa shape index (κ1) is 21.6. The number of rotatable bonds is 11. The minimum absolute atomic E-state index is 0.0537. The Morgan fingerprint density at radius 1 is 1.23 bits per heavy atom. The Morgan fingerprint density at radius 2 is 1.88 bits per heavy atom. The standard InChI is InChI=1S/C16H27N7O2S/c17-15(25)13(8-10-3-5-12(24)6-4-10)22-14(26)9-11(23-20)2-1-7-21-16(18)19/h3-6,11,13,23-24H,1-2,7-9,20H2,(H2,17,25)(H,22,26)(H4,18,19,21). The molecule has 26 heavy (non-hydrogen) atoms. The normalized spacial score (nSPS) is 12.8. The predicted octanol–water partition coefficient (Wildman–Crippen LogP) is -1.02. The lowest BCUT2D eigenvalue weighted by Crippen LogP contribution is -2.47. The number of nitrogens with two attached hydrogens (primary N) is 4. The second-order valence-corrected chi connectivity index (χ2v) is 6.40. The van der Waals surface area contributed by atoms with E-state index in [2.05, 4.69) is 15.7 Å². The molecule has 144 valence electrons. The number of nitrogens with one attached hydrogen (secondary N) is 2. The summed E-state index contributed by atoms with van der Waals surface area (Å²) in [4.78, 5) is 16.1. The van der Waals surface area contributed by atoms with Gasteiger partial charge in [0.2, 0.25) is 5.91 Å². The molecule has 0 fully saturated rings. The third kappa shape index (κ3) is 8.60. The number of hydrazine groups is 1. The van der Waals surface area contributed by atoms with E-state index in [9.17, 15) is 9.90 Å². The summed E-state index contributed by atoms with van der Waals surface area (Å²) in [5.74, 6) is 5.26. The average Bonchev–Trinajstić information content (AvgIpc) is 2.58. The molecular weight excluding hydrogens is 354 g/mol. The van der Waals surface area contributed by atoms with Gasteiger partial charge in [0, 0.05) is 25.4 Å². The Morgan fingerprint density at radius 3 is 2.42 bits per heavy atom. The molecule has 11 N–H and O–H groups in total. The van der Waals surface area contributed by atoms with Crippen molar-refractivity contribution in [3.63, 3.8) is 0 Å². The van der Waals surface area contributed by atoms with Crippen molar-refractivity contribution in [3.05, 3.63) is 29.8 Å². The fourth-order valence-electron chi connectivity index (χ4n) is 2.36. The topological polar surface area (TPSA) is 178 Å². The molecule has 0 aliphatic rings. The molecule has 1 rings (SSSR count). The third-order valence-corrected chi connectivity index (χ3v) is 4.01. The summed E-state index contributed by atoms with van der Waals surface area (Å²) in [6.07, 6.45) is 2.27. The van der Waals surface area contributed by atoms with Gasteiger partial charge in [0.1, 0.15) is 11.8 Å². The van der Waals surface area contributed by atoms with E-state index < -0.39 is 11.9 Å². The van der Waals surface area contributed by atoms with E-state index in [1.165, 1.54) is 0 Å². The first-order valence-electron chi connectivity index (χ1n) is 8.20. The number of guanidine groups is 1. The van der Waals surface area contributed by atoms with E-state index in [1.54, 1.807) is 24.3 Å². The summed E-state index contributed by atoms with van der Waals surface area (Å²) in [6, 6.07) is 5.83. The molecule has 0 radical (unpaired) electrons. The third-order valence-electron chi connectivity index (χ3n) is 3.73. The highest BCUT2D eigenvalue weighted by Crippen LogP contribution is 2.12. The zero-order valence-corrected chi connectivity index (χ0v) is 15.3. The van der Waals surface area contributed by atoms with Crippen molar-refractivity contribution >= 4 is 29.1 Å². The van der Waals surface area contributed by atoms with Crippen LogP contribution in [-0.2, 0) is 11.2 Å². The maximum Gasteiger partial charge on any atom is 0.240 e. The lowest BCUT2D eigenvalue weighted by Gasteiger charge is -2.21. The minimum Gasteiger partial charge on any atom is -0.508 e. The molecule has 0 aliphatic heterocycles. The second-order valence-electron chi connectivity index (χ2n) is 5.91. The van der Waals surface area contributed by atoms with Gasteiger partial charge in [-0.1, -0.05) is 24.4 Å². The van der Waals surface area contributed by atoms with Crippen molar-refractivity contribution < 1.29 is 9.90 Å². The van der Waals surface area contributed by atoms with E-state index in [1.807, 2.05) is 0 Å². The second kappa shape index (κ2) is 11.2. The number of thiocarbonyl (C=S) groups is 1. The number of hydrogen-bond donors (Lipinski definition) is 7. The zero-order chi connectivity index (χ0) is 19.5. The number of nitrogens with zero attached hydrogens (tertiary/aromatic N) is 1. The molecular formula is C16H27N7O2S. The van der Waals surface area contributed by atoms with Gasteiger partial charge in [0.25, 0.3) is 0 Å². The lowest BCUT2D eigenvalue weighted by atomic mass is 10.0. The van der Waals surface area contributed by atoms with Crippen LogP contribution < -0.4 is 33.8 Å². The Hall–Kier alpha value is -2.43. The van der Waals surface area contributed by atoms with Gasteiger partial charge in [-0.3, -0.25) is 21.1 Å². The maximum absolute atomic E-state index is 11.7. The number of carbonyl (C=O) groups is 1. The SMILES string of the molecule is NNC(CCCN=C(N)N)CC(=S)NC(Cc1ccc(O)cc1)C(N)=O. The van der Waals surface area contributed by atoms with Crippen molar-refractivity contribution in [1.29, 1.82) is 0 Å². The molecule has 2 unspecified atom stereocenters. The van der Waals surface area contributed by atoms with Gasteiger partial charge in [-0.2, -0.15) is 0 Å².